The van der Waals surface area contributed by atoms with Crippen molar-refractivity contribution in [2.75, 3.05) is 13.7 Å². The van der Waals surface area contributed by atoms with Gasteiger partial charge in [0.15, 0.2) is 8.32 Å². The van der Waals surface area contributed by atoms with Gasteiger partial charge in [-0.3, -0.25) is 0 Å². The predicted octanol–water partition coefficient (Wildman–Crippen LogP) is 9.96. The fraction of sp³-hybridized carbons (Fsp3) is 0.588. The van der Waals surface area contributed by atoms with Crippen LogP contribution in [-0.2, 0) is 16.3 Å². The normalized spacial score (nSPS) is 27.1. The zero-order chi connectivity index (χ0) is 27.1. The molecule has 0 N–H and O–H groups in total. The van der Waals surface area contributed by atoms with E-state index in [0.29, 0.717) is 12.0 Å². The van der Waals surface area contributed by atoms with Crippen LogP contribution in [-0.4, -0.2) is 22.0 Å². The van der Waals surface area contributed by atoms with E-state index in [0.717, 1.165) is 40.8 Å². The van der Waals surface area contributed by atoms with Gasteiger partial charge in [0.1, 0.15) is 5.75 Å². The third kappa shape index (κ3) is 5.88. The molecule has 4 aliphatic carbocycles. The molecule has 0 unspecified atom stereocenters. The van der Waals surface area contributed by atoms with Gasteiger partial charge in [0.25, 0.3) is 0 Å². The smallest absolute Gasteiger partial charge is 0.192 e. The number of halogens is 1. The van der Waals surface area contributed by atoms with Crippen LogP contribution in [0.15, 0.2) is 53.0 Å². The fourth-order valence-corrected chi connectivity index (χ4v) is 8.95. The predicted molar refractivity (Wildman–Crippen MR) is 166 cm³/mol. The Morgan fingerprint density at radius 2 is 1.66 bits per heavy atom. The van der Waals surface area contributed by atoms with Crippen LogP contribution >= 0.6 is 15.9 Å². The van der Waals surface area contributed by atoms with Crippen LogP contribution < -0.4 is 4.74 Å². The Morgan fingerprint density at radius 1 is 1.00 bits per heavy atom. The van der Waals surface area contributed by atoms with Crippen molar-refractivity contribution in [2.24, 2.45) is 17.8 Å². The van der Waals surface area contributed by atoms with E-state index in [1.54, 1.807) is 0 Å². The molecule has 2 aromatic carbocycles. The molecular formula is C34H47BrO2Si. The summed E-state index contributed by atoms with van der Waals surface area (Å²) in [6.07, 6.45) is 13.0. The first-order valence-corrected chi connectivity index (χ1v) is 18.4. The summed E-state index contributed by atoms with van der Waals surface area (Å²) in [6.45, 7) is 12.3. The van der Waals surface area contributed by atoms with Gasteiger partial charge in [0.2, 0.25) is 0 Å². The minimum Gasteiger partial charge on any atom is -0.496 e. The summed E-state index contributed by atoms with van der Waals surface area (Å²) in [5.74, 6) is 3.96. The van der Waals surface area contributed by atoms with Crippen molar-refractivity contribution in [3.05, 3.63) is 69.7 Å². The molecule has 206 valence electrons. The second-order valence-electron chi connectivity index (χ2n) is 14.1. The fourth-order valence-electron chi connectivity index (χ4n) is 7.61. The molecule has 2 aromatic rings. The number of hydrogen-bond donors (Lipinski definition) is 0. The molecule has 0 amide bonds. The molecule has 4 saturated carbocycles. The summed E-state index contributed by atoms with van der Waals surface area (Å²) in [7, 11) is 0.0330. The van der Waals surface area contributed by atoms with Gasteiger partial charge in [-0.15, -0.1) is 0 Å². The Hall–Kier alpha value is -1.36. The van der Waals surface area contributed by atoms with Gasteiger partial charge in [0.05, 0.1) is 13.7 Å². The molecule has 4 aliphatic rings. The molecule has 2 nitrogen and oxygen atoms in total. The van der Waals surface area contributed by atoms with Gasteiger partial charge in [-0.1, -0.05) is 67.0 Å². The maximum Gasteiger partial charge on any atom is 0.192 e. The van der Waals surface area contributed by atoms with Crippen molar-refractivity contribution in [3.63, 3.8) is 0 Å². The largest absolute Gasteiger partial charge is 0.496 e. The summed E-state index contributed by atoms with van der Waals surface area (Å²) in [6, 6.07) is 15.8. The quantitative estimate of drug-likeness (QED) is 0.269. The van der Waals surface area contributed by atoms with Gasteiger partial charge in [0, 0.05) is 10.0 Å². The van der Waals surface area contributed by atoms with Crippen molar-refractivity contribution in [3.8, 4) is 5.75 Å². The number of methoxy groups -OCH3 is 1. The Labute approximate surface area is 240 Å². The molecule has 0 aliphatic heterocycles. The molecule has 4 bridgehead atoms. The number of benzene rings is 2. The zero-order valence-corrected chi connectivity index (χ0v) is 27.0. The van der Waals surface area contributed by atoms with Gasteiger partial charge in [-0.2, -0.15) is 0 Å². The van der Waals surface area contributed by atoms with Crippen LogP contribution in [0, 0.1) is 17.8 Å². The van der Waals surface area contributed by atoms with E-state index in [4.69, 9.17) is 9.16 Å². The third-order valence-corrected chi connectivity index (χ3v) is 15.3. The third-order valence-electron chi connectivity index (χ3n) is 10.3. The highest BCUT2D eigenvalue weighted by molar-refractivity contribution is 9.10. The number of allylic oxidation sites excluding steroid dienone is 1. The monoisotopic (exact) mass is 594 g/mol. The van der Waals surface area contributed by atoms with E-state index in [9.17, 15) is 0 Å². The summed E-state index contributed by atoms with van der Waals surface area (Å²) >= 11 is 3.66. The lowest BCUT2D eigenvalue weighted by Crippen LogP contribution is -2.48. The van der Waals surface area contributed by atoms with Gasteiger partial charge >= 0.3 is 0 Å². The molecule has 0 heterocycles. The number of ether oxygens (including phenoxy) is 1. The topological polar surface area (TPSA) is 18.5 Å². The lowest BCUT2D eigenvalue weighted by Gasteiger charge is -2.57. The molecule has 0 radical (unpaired) electrons. The van der Waals surface area contributed by atoms with Crippen molar-refractivity contribution in [1.82, 2.24) is 0 Å². The van der Waals surface area contributed by atoms with Crippen molar-refractivity contribution in [1.29, 1.82) is 0 Å². The van der Waals surface area contributed by atoms with Gasteiger partial charge < -0.3 is 9.16 Å². The molecule has 4 fully saturated rings. The van der Waals surface area contributed by atoms with Crippen LogP contribution in [0.1, 0.15) is 82.4 Å². The molecule has 6 rings (SSSR count). The van der Waals surface area contributed by atoms with Gasteiger partial charge in [-0.25, -0.2) is 0 Å². The van der Waals surface area contributed by atoms with E-state index in [1.165, 1.54) is 60.8 Å². The average Bonchev–Trinajstić information content (AvgIpc) is 2.84. The first-order valence-electron chi connectivity index (χ1n) is 14.7. The number of rotatable bonds is 9. The van der Waals surface area contributed by atoms with Gasteiger partial charge in [-0.05, 0) is 128 Å². The summed E-state index contributed by atoms with van der Waals surface area (Å²) < 4.78 is 13.8. The Balaban J connectivity index is 1.32. The maximum absolute atomic E-state index is 6.66. The van der Waals surface area contributed by atoms with Crippen LogP contribution in [0.4, 0.5) is 0 Å². The molecule has 4 heteroatoms. The lowest BCUT2D eigenvalue weighted by atomic mass is 9.48. The molecule has 38 heavy (non-hydrogen) atoms. The van der Waals surface area contributed by atoms with Crippen molar-refractivity contribution < 1.29 is 9.16 Å². The van der Waals surface area contributed by atoms with E-state index in [2.05, 4.69) is 98.3 Å². The SMILES string of the molecule is COc1cc(CC/C=C(\CO[Si](C)(C)C(C)(C)C)c2cccc(Br)c2)ccc1C12CC3CC(CC(C3)C1)C2. The highest BCUT2D eigenvalue weighted by atomic mass is 79.9. The molecule has 0 aromatic heterocycles. The lowest BCUT2D eigenvalue weighted by molar-refractivity contribution is -0.00616. The Kier molecular flexibility index (Phi) is 8.08. The first kappa shape index (κ1) is 28.2. The van der Waals surface area contributed by atoms with Crippen LogP contribution in [0.3, 0.4) is 0 Å². The van der Waals surface area contributed by atoms with E-state index in [-0.39, 0.29) is 5.04 Å². The van der Waals surface area contributed by atoms with Crippen LogP contribution in [0.25, 0.3) is 5.57 Å². The first-order chi connectivity index (χ1) is 18.0. The Morgan fingerprint density at radius 3 is 2.24 bits per heavy atom. The van der Waals surface area contributed by atoms with E-state index in [1.807, 2.05) is 7.11 Å². The van der Waals surface area contributed by atoms with Crippen LogP contribution in [0.2, 0.25) is 18.1 Å². The number of hydrogen-bond acceptors (Lipinski definition) is 2. The highest BCUT2D eigenvalue weighted by Gasteiger charge is 2.52. The van der Waals surface area contributed by atoms with E-state index < -0.39 is 8.32 Å². The minimum atomic E-state index is -1.83. The molecular weight excluding hydrogens is 548 g/mol. The highest BCUT2D eigenvalue weighted by Crippen LogP contribution is 2.61. The van der Waals surface area contributed by atoms with E-state index >= 15 is 0 Å². The minimum absolute atomic E-state index is 0.199. The Bertz CT molecular complexity index is 1140. The second kappa shape index (κ2) is 10.9. The summed E-state index contributed by atoms with van der Waals surface area (Å²) in [4.78, 5) is 0. The molecule has 0 atom stereocenters. The number of aryl methyl sites for hydroxylation is 1. The summed E-state index contributed by atoms with van der Waals surface area (Å²) in [5, 5.41) is 0.199. The zero-order valence-electron chi connectivity index (χ0n) is 24.4. The van der Waals surface area contributed by atoms with Crippen LogP contribution in [0.5, 0.6) is 5.75 Å². The maximum atomic E-state index is 6.66. The van der Waals surface area contributed by atoms with Crippen molar-refractivity contribution in [2.45, 2.75) is 95.7 Å². The van der Waals surface area contributed by atoms with Crippen molar-refractivity contribution >= 4 is 29.8 Å². The average molecular weight is 596 g/mol. The molecule has 0 saturated heterocycles. The standard InChI is InChI=1S/C34H47BrO2Si/c1-33(2,3)38(5,6)37-23-29(28-10-8-12-30(35)19-28)11-7-9-24-13-14-31(32(18-24)36-4)34-20-25-15-26(21-34)17-27(16-25)22-34/h8,10-14,18-19,25-27H,7,9,15-17,20-23H2,1-6H3/b29-11+. The summed E-state index contributed by atoms with van der Waals surface area (Å²) in [5.41, 5.74) is 5.76. The second-order valence-corrected chi connectivity index (χ2v) is 19.8. The molecule has 0 spiro atoms.